The van der Waals surface area contributed by atoms with Gasteiger partial charge >= 0.3 is 0 Å². The largest absolute Gasteiger partial charge is 0.466 e. The minimum atomic E-state index is 0.799. The Balaban J connectivity index is 1.96. The molecule has 1 heteroatoms. The molecule has 0 aliphatic carbocycles. The molecule has 3 rings (SSSR count). The molecule has 3 aromatic rings. The Labute approximate surface area is 125 Å². The predicted molar refractivity (Wildman–Crippen MR) is 87.1 cm³/mol. The highest BCUT2D eigenvalue weighted by Crippen LogP contribution is 2.24. The van der Waals surface area contributed by atoms with Gasteiger partial charge in [-0.05, 0) is 35.8 Å². The van der Waals surface area contributed by atoms with Crippen LogP contribution in [0.2, 0.25) is 0 Å². The van der Waals surface area contributed by atoms with Crippen LogP contribution in [-0.2, 0) is 6.42 Å². The molecule has 0 saturated heterocycles. The molecule has 0 unspecified atom stereocenters. The van der Waals surface area contributed by atoms with Crippen LogP contribution in [0.25, 0.3) is 5.57 Å². The van der Waals surface area contributed by atoms with Crippen LogP contribution in [-0.4, -0.2) is 0 Å². The van der Waals surface area contributed by atoms with Crippen LogP contribution in [0.3, 0.4) is 0 Å². The van der Waals surface area contributed by atoms with E-state index >= 15 is 0 Å². The SMILES string of the molecule is Cc1ccc(CC=C(c2ccccc2)c2ccccc2)o1. The van der Waals surface area contributed by atoms with Gasteiger partial charge in [0.2, 0.25) is 0 Å². The maximum atomic E-state index is 5.66. The minimum absolute atomic E-state index is 0.799. The summed E-state index contributed by atoms with van der Waals surface area (Å²) in [6, 6.07) is 25.0. The number of hydrogen-bond acceptors (Lipinski definition) is 1. The lowest BCUT2D eigenvalue weighted by Crippen LogP contribution is -1.89. The standard InChI is InChI=1S/C20H18O/c1-16-12-13-19(21-16)14-15-20(17-8-4-2-5-9-17)18-10-6-3-7-11-18/h2-13,15H,14H2,1H3. The fraction of sp³-hybridized carbons (Fsp3) is 0.100. The topological polar surface area (TPSA) is 13.1 Å². The summed E-state index contributed by atoms with van der Waals surface area (Å²) in [5.41, 5.74) is 3.70. The van der Waals surface area contributed by atoms with Gasteiger partial charge in [-0.2, -0.15) is 0 Å². The van der Waals surface area contributed by atoms with E-state index in [1.165, 1.54) is 16.7 Å². The van der Waals surface area contributed by atoms with E-state index in [1.54, 1.807) is 0 Å². The van der Waals surface area contributed by atoms with Crippen molar-refractivity contribution in [2.75, 3.05) is 0 Å². The Morgan fingerprint density at radius 1 is 0.810 bits per heavy atom. The molecule has 0 aliphatic rings. The van der Waals surface area contributed by atoms with Gasteiger partial charge in [0.1, 0.15) is 11.5 Å². The van der Waals surface area contributed by atoms with Gasteiger partial charge in [-0.25, -0.2) is 0 Å². The van der Waals surface area contributed by atoms with E-state index in [2.05, 4.69) is 54.6 Å². The molecule has 0 amide bonds. The van der Waals surface area contributed by atoms with Gasteiger partial charge in [-0.1, -0.05) is 66.7 Å². The van der Waals surface area contributed by atoms with Crippen LogP contribution in [0.5, 0.6) is 0 Å². The fourth-order valence-corrected chi connectivity index (χ4v) is 2.44. The van der Waals surface area contributed by atoms with E-state index in [9.17, 15) is 0 Å². The number of allylic oxidation sites excluding steroid dienone is 1. The fourth-order valence-electron chi connectivity index (χ4n) is 2.44. The van der Waals surface area contributed by atoms with Crippen LogP contribution >= 0.6 is 0 Å². The smallest absolute Gasteiger partial charge is 0.107 e. The number of rotatable bonds is 4. The summed E-state index contributed by atoms with van der Waals surface area (Å²) in [5, 5.41) is 0. The van der Waals surface area contributed by atoms with Crippen molar-refractivity contribution in [3.8, 4) is 0 Å². The molecule has 2 aromatic carbocycles. The first-order valence-corrected chi connectivity index (χ1v) is 7.19. The molecule has 1 heterocycles. The van der Waals surface area contributed by atoms with E-state index in [0.29, 0.717) is 0 Å². The molecule has 0 saturated carbocycles. The molecule has 0 N–H and O–H groups in total. The maximum absolute atomic E-state index is 5.66. The number of benzene rings is 2. The summed E-state index contributed by atoms with van der Waals surface area (Å²) in [6.07, 6.45) is 3.04. The summed E-state index contributed by atoms with van der Waals surface area (Å²) < 4.78 is 5.66. The Bertz CT molecular complexity index is 679. The molecule has 1 nitrogen and oxygen atoms in total. The first-order valence-electron chi connectivity index (χ1n) is 7.19. The number of aryl methyl sites for hydroxylation is 1. The summed E-state index contributed by atoms with van der Waals surface area (Å²) in [4.78, 5) is 0. The summed E-state index contributed by atoms with van der Waals surface area (Å²) >= 11 is 0. The van der Waals surface area contributed by atoms with Crippen molar-refractivity contribution in [3.05, 3.63) is 102 Å². The maximum Gasteiger partial charge on any atom is 0.107 e. The van der Waals surface area contributed by atoms with E-state index < -0.39 is 0 Å². The average Bonchev–Trinajstić information content (AvgIpc) is 2.95. The second-order valence-electron chi connectivity index (χ2n) is 5.07. The molecule has 0 fully saturated rings. The molecule has 1 aromatic heterocycles. The zero-order valence-corrected chi connectivity index (χ0v) is 12.1. The second kappa shape index (κ2) is 6.27. The lowest BCUT2D eigenvalue weighted by molar-refractivity contribution is 0.495. The Morgan fingerprint density at radius 2 is 1.38 bits per heavy atom. The zero-order valence-electron chi connectivity index (χ0n) is 12.1. The summed E-state index contributed by atoms with van der Waals surface area (Å²) in [7, 11) is 0. The lowest BCUT2D eigenvalue weighted by Gasteiger charge is -2.08. The minimum Gasteiger partial charge on any atom is -0.466 e. The predicted octanol–water partition coefficient (Wildman–Crippen LogP) is 5.26. The highest BCUT2D eigenvalue weighted by atomic mass is 16.3. The summed E-state index contributed by atoms with van der Waals surface area (Å²) in [5.74, 6) is 1.95. The van der Waals surface area contributed by atoms with Crippen molar-refractivity contribution in [3.63, 3.8) is 0 Å². The molecule has 0 aliphatic heterocycles. The van der Waals surface area contributed by atoms with Gasteiger partial charge in [-0.15, -0.1) is 0 Å². The van der Waals surface area contributed by atoms with Crippen molar-refractivity contribution < 1.29 is 4.42 Å². The van der Waals surface area contributed by atoms with Gasteiger partial charge < -0.3 is 4.42 Å². The van der Waals surface area contributed by atoms with Crippen LogP contribution < -0.4 is 0 Å². The highest BCUT2D eigenvalue weighted by Gasteiger charge is 2.05. The van der Waals surface area contributed by atoms with Crippen molar-refractivity contribution >= 4 is 5.57 Å². The molecule has 0 bridgehead atoms. The normalized spacial score (nSPS) is 10.3. The van der Waals surface area contributed by atoms with Crippen LogP contribution in [0.4, 0.5) is 0 Å². The molecule has 104 valence electrons. The van der Waals surface area contributed by atoms with E-state index in [4.69, 9.17) is 4.42 Å². The third kappa shape index (κ3) is 3.32. The van der Waals surface area contributed by atoms with Gasteiger partial charge in [0.25, 0.3) is 0 Å². The summed E-state index contributed by atoms with van der Waals surface area (Å²) in [6.45, 7) is 1.97. The zero-order chi connectivity index (χ0) is 14.5. The van der Waals surface area contributed by atoms with Gasteiger partial charge in [0.05, 0.1) is 0 Å². The Morgan fingerprint density at radius 3 is 1.86 bits per heavy atom. The van der Waals surface area contributed by atoms with Crippen molar-refractivity contribution in [2.24, 2.45) is 0 Å². The molecular weight excluding hydrogens is 256 g/mol. The van der Waals surface area contributed by atoms with Crippen molar-refractivity contribution in [2.45, 2.75) is 13.3 Å². The molecular formula is C20H18O. The molecule has 21 heavy (non-hydrogen) atoms. The molecule has 0 radical (unpaired) electrons. The van der Waals surface area contributed by atoms with Crippen LogP contribution in [0, 0.1) is 6.92 Å². The Hall–Kier alpha value is -2.54. The second-order valence-corrected chi connectivity index (χ2v) is 5.07. The van der Waals surface area contributed by atoms with Crippen LogP contribution in [0.15, 0.2) is 83.3 Å². The van der Waals surface area contributed by atoms with E-state index in [0.717, 1.165) is 17.9 Å². The first kappa shape index (κ1) is 13.4. The van der Waals surface area contributed by atoms with Gasteiger partial charge in [0, 0.05) is 6.42 Å². The lowest BCUT2D eigenvalue weighted by atomic mass is 9.97. The monoisotopic (exact) mass is 274 g/mol. The molecule has 0 spiro atoms. The molecule has 0 atom stereocenters. The van der Waals surface area contributed by atoms with E-state index in [1.807, 2.05) is 31.2 Å². The average molecular weight is 274 g/mol. The number of hydrogen-bond donors (Lipinski definition) is 0. The quantitative estimate of drug-likeness (QED) is 0.632. The van der Waals surface area contributed by atoms with Gasteiger partial charge in [0.15, 0.2) is 0 Å². The van der Waals surface area contributed by atoms with Gasteiger partial charge in [-0.3, -0.25) is 0 Å². The van der Waals surface area contributed by atoms with Crippen molar-refractivity contribution in [1.82, 2.24) is 0 Å². The van der Waals surface area contributed by atoms with Crippen LogP contribution in [0.1, 0.15) is 22.6 Å². The third-order valence-electron chi connectivity index (χ3n) is 3.47. The highest BCUT2D eigenvalue weighted by molar-refractivity contribution is 5.79. The Kier molecular flexibility index (Phi) is 4.02. The first-order chi connectivity index (χ1) is 10.3. The van der Waals surface area contributed by atoms with Crippen molar-refractivity contribution in [1.29, 1.82) is 0 Å². The number of furan rings is 1. The third-order valence-corrected chi connectivity index (χ3v) is 3.47. The van der Waals surface area contributed by atoms with E-state index in [-0.39, 0.29) is 0 Å².